The second-order valence-electron chi connectivity index (χ2n) is 19.5. The quantitative estimate of drug-likeness (QED) is 0.154. The van der Waals surface area contributed by atoms with Crippen molar-refractivity contribution < 1.29 is 0 Å². The van der Waals surface area contributed by atoms with Crippen LogP contribution < -0.4 is 46.9 Å². The minimum absolute atomic E-state index is 0.0457. The maximum absolute atomic E-state index is 2.62. The van der Waals surface area contributed by atoms with Gasteiger partial charge in [-0.3, -0.25) is 0 Å². The van der Waals surface area contributed by atoms with Crippen molar-refractivity contribution in [2.24, 2.45) is 0 Å². The molecule has 0 N–H and O–H groups in total. The van der Waals surface area contributed by atoms with Gasteiger partial charge >= 0.3 is 0 Å². The molecule has 0 fully saturated rings. The first kappa shape index (κ1) is 40.1. The van der Waals surface area contributed by atoms with Crippen LogP contribution >= 0.6 is 11.8 Å². The number of nitrogens with zero attached hydrogens (tertiary/aromatic N) is 2. The van der Waals surface area contributed by atoms with Crippen LogP contribution in [0.5, 0.6) is 0 Å². The molecular weight excluding hydrogens is 788 g/mol. The van der Waals surface area contributed by atoms with Gasteiger partial charge < -0.3 is 9.80 Å². The highest BCUT2D eigenvalue weighted by Gasteiger charge is 2.44. The third kappa shape index (κ3) is 6.11. The zero-order valence-corrected chi connectivity index (χ0v) is 40.3. The lowest BCUT2D eigenvalue weighted by molar-refractivity contribution is 0.812. The molecule has 0 atom stereocenters. The van der Waals surface area contributed by atoms with Crippen molar-refractivity contribution in [3.63, 3.8) is 0 Å². The van der Waals surface area contributed by atoms with E-state index in [1.807, 2.05) is 11.8 Å². The molecule has 2 nitrogen and oxygen atoms in total. The first-order valence-corrected chi connectivity index (χ1v) is 29.2. The van der Waals surface area contributed by atoms with E-state index in [-0.39, 0.29) is 6.71 Å². The predicted molar refractivity (Wildman–Crippen MR) is 273 cm³/mol. The van der Waals surface area contributed by atoms with Gasteiger partial charge in [-0.2, -0.15) is 0 Å². The van der Waals surface area contributed by atoms with Gasteiger partial charge in [0.25, 0.3) is 0 Å². The minimum atomic E-state index is -1.98. The van der Waals surface area contributed by atoms with Gasteiger partial charge in [-0.1, -0.05) is 205 Å². The van der Waals surface area contributed by atoms with E-state index in [2.05, 4.69) is 223 Å². The summed E-state index contributed by atoms with van der Waals surface area (Å²) in [7, 11) is -3.97. The van der Waals surface area contributed by atoms with Crippen molar-refractivity contribution in [3.8, 4) is 0 Å². The Morgan fingerprint density at radius 2 is 0.738 bits per heavy atom. The Balaban J connectivity index is 1.31. The molecule has 304 valence electrons. The Labute approximate surface area is 371 Å². The highest BCUT2D eigenvalue weighted by Crippen LogP contribution is 2.49. The molecule has 6 heteroatoms. The first-order valence-electron chi connectivity index (χ1n) is 22.4. The molecule has 3 heterocycles. The van der Waals surface area contributed by atoms with Crippen LogP contribution in [0.3, 0.4) is 0 Å². The zero-order valence-electron chi connectivity index (χ0n) is 37.5. The van der Waals surface area contributed by atoms with Crippen LogP contribution in [0.4, 0.5) is 34.1 Å². The lowest BCUT2D eigenvalue weighted by Gasteiger charge is -2.44. The smallest absolute Gasteiger partial charge is 0.245 e. The van der Waals surface area contributed by atoms with Crippen molar-refractivity contribution in [1.82, 2.24) is 0 Å². The van der Waals surface area contributed by atoms with Gasteiger partial charge in [0, 0.05) is 32.5 Å². The highest BCUT2D eigenvalue weighted by atomic mass is 32.2. The van der Waals surface area contributed by atoms with E-state index in [0.29, 0.717) is 17.8 Å². The summed E-state index contributed by atoms with van der Waals surface area (Å²) < 4.78 is 0. The molecule has 0 aliphatic carbocycles. The molecule has 10 rings (SSSR count). The van der Waals surface area contributed by atoms with Crippen LogP contribution in [0.25, 0.3) is 0 Å². The lowest BCUT2D eigenvalue weighted by Crippen LogP contribution is -2.60. The zero-order chi connectivity index (χ0) is 42.5. The van der Waals surface area contributed by atoms with Gasteiger partial charge in [0.15, 0.2) is 0 Å². The molecule has 7 aromatic carbocycles. The number of fused-ring (bicyclic) bond motifs is 6. The molecule has 0 bridgehead atoms. The summed E-state index contributed by atoms with van der Waals surface area (Å²) in [4.78, 5) is 7.94. The summed E-state index contributed by atoms with van der Waals surface area (Å²) in [5, 5.41) is 5.97. The van der Waals surface area contributed by atoms with Gasteiger partial charge in [-0.15, -0.1) is 0 Å². The van der Waals surface area contributed by atoms with Crippen molar-refractivity contribution in [2.45, 2.75) is 95.3 Å². The van der Waals surface area contributed by atoms with Crippen LogP contribution in [-0.2, 0) is 0 Å². The standard InChI is InChI=1S/C55H57BN2SSi2/c1-35(2)38-33-39(36(3)4)53(40(34-38)37(5)6)56-41-21-19-27-47(57-43-23-11-15-29-49(43)60(7,8)50-30-16-12-24-44(50)57)54(41)59-55-42(56)22-20-28-48(55)58-45-25-13-17-31-51(45)61(9,10)52-32-18-14-26-46(52)58/h11-37H,1-10H3. The second-order valence-corrected chi connectivity index (χ2v) is 29.2. The Kier molecular flexibility index (Phi) is 9.74. The summed E-state index contributed by atoms with van der Waals surface area (Å²) in [5.74, 6) is 1.17. The van der Waals surface area contributed by atoms with E-state index in [9.17, 15) is 0 Å². The summed E-state index contributed by atoms with van der Waals surface area (Å²) >= 11 is 2.00. The number of hydrogen-bond acceptors (Lipinski definition) is 3. The summed E-state index contributed by atoms with van der Waals surface area (Å²) in [6, 6.07) is 56.5. The van der Waals surface area contributed by atoms with Crippen LogP contribution in [0.2, 0.25) is 26.2 Å². The van der Waals surface area contributed by atoms with Gasteiger partial charge in [0.05, 0.1) is 11.4 Å². The van der Waals surface area contributed by atoms with Gasteiger partial charge in [-0.25, -0.2) is 0 Å². The van der Waals surface area contributed by atoms with Crippen molar-refractivity contribution >= 4 is 106 Å². The number of rotatable bonds is 6. The van der Waals surface area contributed by atoms with Gasteiger partial charge in [0.1, 0.15) is 16.1 Å². The van der Waals surface area contributed by atoms with E-state index < -0.39 is 16.1 Å². The average molecular weight is 845 g/mol. The maximum Gasteiger partial charge on any atom is 0.245 e. The Bertz CT molecular complexity index is 2590. The van der Waals surface area contributed by atoms with Crippen molar-refractivity contribution in [2.75, 3.05) is 9.80 Å². The minimum Gasteiger partial charge on any atom is -0.310 e. The first-order chi connectivity index (χ1) is 29.3. The summed E-state index contributed by atoms with van der Waals surface area (Å²) in [6.07, 6.45) is 0. The molecule has 0 radical (unpaired) electrons. The van der Waals surface area contributed by atoms with Crippen LogP contribution in [-0.4, -0.2) is 22.9 Å². The second kappa shape index (κ2) is 14.8. The van der Waals surface area contributed by atoms with E-state index in [0.717, 1.165) is 0 Å². The molecule has 0 saturated heterocycles. The summed E-state index contributed by atoms with van der Waals surface area (Å²) in [6.45, 7) is 24.4. The monoisotopic (exact) mass is 844 g/mol. The third-order valence-corrected chi connectivity index (χ3v) is 22.5. The highest BCUT2D eigenvalue weighted by molar-refractivity contribution is 8.00. The number of hydrogen-bond donors (Lipinski definition) is 0. The van der Waals surface area contributed by atoms with E-state index in [1.54, 1.807) is 0 Å². The molecule has 3 aliphatic heterocycles. The van der Waals surface area contributed by atoms with Crippen LogP contribution in [0.1, 0.15) is 76.0 Å². The summed E-state index contributed by atoms with van der Waals surface area (Å²) in [5.41, 5.74) is 16.5. The Morgan fingerprint density at radius 1 is 0.410 bits per heavy atom. The average Bonchev–Trinajstić information content (AvgIpc) is 3.25. The maximum atomic E-state index is 2.62. The molecule has 0 amide bonds. The molecule has 0 spiro atoms. The largest absolute Gasteiger partial charge is 0.310 e. The predicted octanol–water partition coefficient (Wildman–Crippen LogP) is 11.2. The fraction of sp³-hybridized carbons (Fsp3) is 0.236. The fourth-order valence-electron chi connectivity index (χ4n) is 10.9. The van der Waals surface area contributed by atoms with Crippen LogP contribution in [0.15, 0.2) is 155 Å². The van der Waals surface area contributed by atoms with E-state index in [1.165, 1.54) is 97.7 Å². The number of benzene rings is 7. The van der Waals surface area contributed by atoms with Gasteiger partial charge in [0.2, 0.25) is 6.71 Å². The molecule has 3 aliphatic rings. The third-order valence-electron chi connectivity index (χ3n) is 14.1. The molecule has 7 aromatic rings. The molecule has 0 saturated carbocycles. The van der Waals surface area contributed by atoms with Crippen LogP contribution in [0, 0.1) is 0 Å². The molecule has 0 unspecified atom stereocenters. The number of anilines is 6. The lowest BCUT2D eigenvalue weighted by atomic mass is 9.34. The molecule has 61 heavy (non-hydrogen) atoms. The normalized spacial score (nSPS) is 15.6. The topological polar surface area (TPSA) is 6.48 Å². The van der Waals surface area contributed by atoms with Crippen molar-refractivity contribution in [3.05, 3.63) is 162 Å². The fourth-order valence-corrected chi connectivity index (χ4v) is 18.2. The SMILES string of the molecule is CC(C)c1cc(C(C)C)c(B2c3cccc(N4c5ccccc5[Si](C)(C)c5ccccc54)c3Sc3c2cccc3N2c3ccccc3[Si](C)(C)c3ccccc32)c(C(C)C)c1. The van der Waals surface area contributed by atoms with E-state index >= 15 is 0 Å². The van der Waals surface area contributed by atoms with Gasteiger partial charge in [-0.05, 0) is 91.6 Å². The molecule has 0 aromatic heterocycles. The van der Waals surface area contributed by atoms with E-state index in [4.69, 9.17) is 0 Å². The Hall–Kier alpha value is -5.01. The molecular formula is C55H57BN2SSi2. The number of para-hydroxylation sites is 4. The Morgan fingerprint density at radius 3 is 1.07 bits per heavy atom. The van der Waals surface area contributed by atoms with Crippen molar-refractivity contribution in [1.29, 1.82) is 0 Å².